The highest BCUT2D eigenvalue weighted by Gasteiger charge is 2.17. The van der Waals surface area contributed by atoms with Crippen molar-refractivity contribution in [3.05, 3.63) is 46.0 Å². The van der Waals surface area contributed by atoms with Crippen molar-refractivity contribution in [1.82, 2.24) is 10.2 Å². The monoisotopic (exact) mass is 278 g/mol. The van der Waals surface area contributed by atoms with Crippen LogP contribution in [0.25, 0.3) is 0 Å². The van der Waals surface area contributed by atoms with Gasteiger partial charge in [-0.2, -0.15) is 11.3 Å². The number of likely N-dealkylation sites (N-methyl/N-ethyl adjacent to an activating group) is 1. The van der Waals surface area contributed by atoms with Gasteiger partial charge in [0, 0.05) is 6.54 Å². The van der Waals surface area contributed by atoms with Crippen LogP contribution in [0.3, 0.4) is 0 Å². The van der Waals surface area contributed by atoms with Gasteiger partial charge in [-0.1, -0.05) is 0 Å². The maximum Gasteiger partial charge on any atom is 0.287 e. The summed E-state index contributed by atoms with van der Waals surface area (Å²) >= 11 is 1.66. The molecule has 0 saturated heterocycles. The quantitative estimate of drug-likeness (QED) is 0.914. The zero-order chi connectivity index (χ0) is 13.8. The molecule has 2 rings (SSSR count). The Hall–Kier alpha value is -1.59. The summed E-state index contributed by atoms with van der Waals surface area (Å²) in [5.41, 5.74) is 1.21. The molecule has 0 saturated carbocycles. The van der Waals surface area contributed by atoms with Gasteiger partial charge in [0.05, 0.1) is 6.04 Å². The number of aryl methyl sites for hydroxylation is 1. The minimum atomic E-state index is -0.171. The first-order valence-corrected chi connectivity index (χ1v) is 7.05. The van der Waals surface area contributed by atoms with Crippen LogP contribution in [0.1, 0.15) is 27.9 Å². The van der Waals surface area contributed by atoms with E-state index in [1.807, 2.05) is 26.4 Å². The predicted molar refractivity (Wildman–Crippen MR) is 76.5 cm³/mol. The number of nitrogens with zero attached hydrogens (tertiary/aromatic N) is 1. The molecule has 0 aliphatic carbocycles. The lowest BCUT2D eigenvalue weighted by atomic mass is 10.1. The van der Waals surface area contributed by atoms with Gasteiger partial charge in [0.25, 0.3) is 5.91 Å². The molecule has 0 radical (unpaired) electrons. The van der Waals surface area contributed by atoms with Crippen molar-refractivity contribution in [3.63, 3.8) is 0 Å². The largest absolute Gasteiger partial charge is 0.456 e. The fourth-order valence-corrected chi connectivity index (χ4v) is 2.60. The number of hydrogen-bond donors (Lipinski definition) is 1. The van der Waals surface area contributed by atoms with E-state index in [-0.39, 0.29) is 11.9 Å². The van der Waals surface area contributed by atoms with E-state index in [9.17, 15) is 4.79 Å². The number of rotatable bonds is 5. The molecule has 0 spiro atoms. The van der Waals surface area contributed by atoms with Crippen LogP contribution in [0.2, 0.25) is 0 Å². The molecule has 102 valence electrons. The number of carbonyl (C=O) groups excluding carboxylic acids is 1. The van der Waals surface area contributed by atoms with Gasteiger partial charge in [-0.3, -0.25) is 4.79 Å². The fraction of sp³-hybridized carbons (Fsp3) is 0.357. The molecule has 1 N–H and O–H groups in total. The highest BCUT2D eigenvalue weighted by molar-refractivity contribution is 7.07. The van der Waals surface area contributed by atoms with Gasteiger partial charge in [0.15, 0.2) is 5.76 Å². The van der Waals surface area contributed by atoms with Gasteiger partial charge < -0.3 is 14.6 Å². The van der Waals surface area contributed by atoms with E-state index in [1.54, 1.807) is 23.5 Å². The minimum absolute atomic E-state index is 0.171. The molecule has 0 bridgehead atoms. The summed E-state index contributed by atoms with van der Waals surface area (Å²) in [6.45, 7) is 2.38. The second-order valence-electron chi connectivity index (χ2n) is 4.66. The Morgan fingerprint density at radius 2 is 2.21 bits per heavy atom. The number of amides is 1. The van der Waals surface area contributed by atoms with E-state index in [0.717, 1.165) is 5.76 Å². The standard InChI is InChI=1S/C14H18N2O2S/c1-10-4-5-13(18-10)14(17)15-8-12(16(2)3)11-6-7-19-9-11/h4-7,9,12H,8H2,1-3H3,(H,15,17). The number of hydrogen-bond acceptors (Lipinski definition) is 4. The topological polar surface area (TPSA) is 45.5 Å². The van der Waals surface area contributed by atoms with Gasteiger partial charge in [-0.25, -0.2) is 0 Å². The van der Waals surface area contributed by atoms with E-state index in [1.165, 1.54) is 5.56 Å². The third-order valence-corrected chi connectivity index (χ3v) is 3.67. The lowest BCUT2D eigenvalue weighted by Gasteiger charge is -2.23. The molecule has 1 atom stereocenters. The first kappa shape index (κ1) is 13.8. The number of furan rings is 1. The zero-order valence-electron chi connectivity index (χ0n) is 11.3. The molecule has 19 heavy (non-hydrogen) atoms. The van der Waals surface area contributed by atoms with Gasteiger partial charge in [0.1, 0.15) is 5.76 Å². The van der Waals surface area contributed by atoms with Crippen LogP contribution in [-0.2, 0) is 0 Å². The fourth-order valence-electron chi connectivity index (χ4n) is 1.90. The Morgan fingerprint density at radius 1 is 1.42 bits per heavy atom. The maximum absolute atomic E-state index is 11.9. The van der Waals surface area contributed by atoms with E-state index in [2.05, 4.69) is 21.7 Å². The van der Waals surface area contributed by atoms with Gasteiger partial charge >= 0.3 is 0 Å². The van der Waals surface area contributed by atoms with Crippen LogP contribution in [-0.4, -0.2) is 31.4 Å². The Morgan fingerprint density at radius 3 is 2.74 bits per heavy atom. The molecular weight excluding hydrogens is 260 g/mol. The number of nitrogens with one attached hydrogen (secondary N) is 1. The summed E-state index contributed by atoms with van der Waals surface area (Å²) in [7, 11) is 4.01. The molecule has 2 aromatic rings. The van der Waals surface area contributed by atoms with E-state index >= 15 is 0 Å². The van der Waals surface area contributed by atoms with Crippen LogP contribution in [0.4, 0.5) is 0 Å². The second-order valence-corrected chi connectivity index (χ2v) is 5.44. The molecule has 4 nitrogen and oxygen atoms in total. The lowest BCUT2D eigenvalue weighted by molar-refractivity contribution is 0.0913. The van der Waals surface area contributed by atoms with E-state index < -0.39 is 0 Å². The van der Waals surface area contributed by atoms with E-state index in [4.69, 9.17) is 4.42 Å². The average Bonchev–Trinajstić information content (AvgIpc) is 3.00. The van der Waals surface area contributed by atoms with Crippen molar-refractivity contribution in [1.29, 1.82) is 0 Å². The number of thiophene rings is 1. The molecule has 0 aliphatic heterocycles. The first-order valence-electron chi connectivity index (χ1n) is 6.11. The smallest absolute Gasteiger partial charge is 0.287 e. The van der Waals surface area contributed by atoms with Crippen molar-refractivity contribution in [2.75, 3.05) is 20.6 Å². The third-order valence-electron chi connectivity index (χ3n) is 2.97. The van der Waals surface area contributed by atoms with Crippen molar-refractivity contribution >= 4 is 17.2 Å². The van der Waals surface area contributed by atoms with E-state index in [0.29, 0.717) is 12.3 Å². The van der Waals surface area contributed by atoms with Crippen molar-refractivity contribution in [2.45, 2.75) is 13.0 Å². The summed E-state index contributed by atoms with van der Waals surface area (Å²) in [5, 5.41) is 7.06. The summed E-state index contributed by atoms with van der Waals surface area (Å²) < 4.78 is 5.31. The molecule has 5 heteroatoms. The van der Waals surface area contributed by atoms with Gasteiger partial charge in [0.2, 0.25) is 0 Å². The molecular formula is C14H18N2O2S. The van der Waals surface area contributed by atoms with Gasteiger partial charge in [-0.15, -0.1) is 0 Å². The molecule has 0 aliphatic rings. The summed E-state index contributed by atoms with van der Waals surface area (Å²) in [4.78, 5) is 14.0. The highest BCUT2D eigenvalue weighted by atomic mass is 32.1. The van der Waals surface area contributed by atoms with Crippen LogP contribution < -0.4 is 5.32 Å². The molecule has 0 fully saturated rings. The second kappa shape index (κ2) is 6.04. The third kappa shape index (κ3) is 3.45. The molecule has 2 aromatic heterocycles. The van der Waals surface area contributed by atoms with Crippen LogP contribution >= 0.6 is 11.3 Å². The highest BCUT2D eigenvalue weighted by Crippen LogP contribution is 2.20. The first-order chi connectivity index (χ1) is 9.08. The minimum Gasteiger partial charge on any atom is -0.456 e. The zero-order valence-corrected chi connectivity index (χ0v) is 12.2. The van der Waals surface area contributed by atoms with Crippen LogP contribution in [0, 0.1) is 6.92 Å². The Balaban J connectivity index is 1.98. The van der Waals surface area contributed by atoms with Crippen LogP contribution in [0.15, 0.2) is 33.4 Å². The van der Waals surface area contributed by atoms with Crippen molar-refractivity contribution in [2.24, 2.45) is 0 Å². The summed E-state index contributed by atoms with van der Waals surface area (Å²) in [6, 6.07) is 5.74. The Bertz CT molecular complexity index is 531. The average molecular weight is 278 g/mol. The maximum atomic E-state index is 11.9. The molecule has 2 heterocycles. The van der Waals surface area contributed by atoms with Crippen molar-refractivity contribution < 1.29 is 9.21 Å². The SMILES string of the molecule is Cc1ccc(C(=O)NCC(c2ccsc2)N(C)C)o1. The normalized spacial score (nSPS) is 12.6. The molecule has 0 aromatic carbocycles. The molecule has 1 unspecified atom stereocenters. The van der Waals surface area contributed by atoms with Crippen molar-refractivity contribution in [3.8, 4) is 0 Å². The number of carbonyl (C=O) groups is 1. The summed E-state index contributed by atoms with van der Waals surface area (Å²) in [6.07, 6.45) is 0. The predicted octanol–water partition coefficient (Wildman–Crippen LogP) is 2.68. The Kier molecular flexibility index (Phi) is 4.39. The molecule has 1 amide bonds. The van der Waals surface area contributed by atoms with Crippen LogP contribution in [0.5, 0.6) is 0 Å². The summed E-state index contributed by atoms with van der Waals surface area (Å²) in [5.74, 6) is 0.933. The van der Waals surface area contributed by atoms with Gasteiger partial charge in [-0.05, 0) is 55.5 Å². The Labute approximate surface area is 117 Å². The lowest BCUT2D eigenvalue weighted by Crippen LogP contribution is -2.34.